The van der Waals surface area contributed by atoms with Gasteiger partial charge in [-0.15, -0.1) is 0 Å². The van der Waals surface area contributed by atoms with Crippen LogP contribution in [0.3, 0.4) is 0 Å². The normalized spacial score (nSPS) is 19.5. The lowest BCUT2D eigenvalue weighted by atomic mass is 9.98. The Morgan fingerprint density at radius 3 is 2.73 bits per heavy atom. The molecular formula is C20H20N4OS. The van der Waals surface area contributed by atoms with E-state index < -0.39 is 0 Å². The quantitative estimate of drug-likeness (QED) is 0.717. The van der Waals surface area contributed by atoms with Gasteiger partial charge in [0.2, 0.25) is 0 Å². The van der Waals surface area contributed by atoms with Crippen LogP contribution < -0.4 is 15.0 Å². The summed E-state index contributed by atoms with van der Waals surface area (Å²) in [7, 11) is 3.70. The van der Waals surface area contributed by atoms with Crippen molar-refractivity contribution in [3.8, 4) is 5.75 Å². The molecule has 0 spiro atoms. The third-order valence-corrected chi connectivity index (χ3v) is 4.94. The van der Waals surface area contributed by atoms with E-state index in [9.17, 15) is 0 Å². The summed E-state index contributed by atoms with van der Waals surface area (Å²) in [5.74, 6) is 0.804. The topological polar surface area (TPSA) is 42.3 Å². The molecule has 3 heterocycles. The van der Waals surface area contributed by atoms with E-state index in [0.717, 1.165) is 17.1 Å². The number of anilines is 1. The molecule has 0 amide bonds. The van der Waals surface area contributed by atoms with Crippen molar-refractivity contribution in [2.75, 3.05) is 12.0 Å². The fourth-order valence-electron chi connectivity index (χ4n) is 3.43. The lowest BCUT2D eigenvalue weighted by molar-refractivity contribution is 0.415. The second-order valence-electron chi connectivity index (χ2n) is 6.31. The van der Waals surface area contributed by atoms with Gasteiger partial charge >= 0.3 is 0 Å². The molecule has 1 saturated heterocycles. The Kier molecular flexibility index (Phi) is 4.34. The molecule has 4 rings (SSSR count). The SMILES string of the molecule is COc1cccc(N2C(=S)N[C@@H](c3ccccn3)[C@H]2c2ccn(C)c2)c1. The molecule has 5 nitrogen and oxygen atoms in total. The molecule has 132 valence electrons. The smallest absolute Gasteiger partial charge is 0.174 e. The average Bonchev–Trinajstić information content (AvgIpc) is 3.25. The highest BCUT2D eigenvalue weighted by atomic mass is 32.1. The van der Waals surface area contributed by atoms with E-state index in [1.54, 1.807) is 7.11 Å². The Balaban J connectivity index is 1.82. The van der Waals surface area contributed by atoms with Crippen molar-refractivity contribution in [1.29, 1.82) is 0 Å². The number of pyridine rings is 1. The minimum absolute atomic E-state index is 0.00528. The molecule has 1 aromatic carbocycles. The molecule has 0 radical (unpaired) electrons. The van der Waals surface area contributed by atoms with Gasteiger partial charge in [-0.1, -0.05) is 12.1 Å². The molecule has 1 fully saturated rings. The third-order valence-electron chi connectivity index (χ3n) is 4.63. The Hall–Kier alpha value is -2.86. The summed E-state index contributed by atoms with van der Waals surface area (Å²) in [4.78, 5) is 6.70. The molecule has 6 heteroatoms. The maximum atomic E-state index is 5.70. The summed E-state index contributed by atoms with van der Waals surface area (Å²) in [6, 6.07) is 16.0. The molecule has 26 heavy (non-hydrogen) atoms. The van der Waals surface area contributed by atoms with Crippen molar-refractivity contribution in [2.24, 2.45) is 7.05 Å². The highest BCUT2D eigenvalue weighted by Gasteiger charge is 2.41. The largest absolute Gasteiger partial charge is 0.497 e. The lowest BCUT2D eigenvalue weighted by Gasteiger charge is -2.27. The number of rotatable bonds is 4. The number of nitrogens with one attached hydrogen (secondary N) is 1. The maximum Gasteiger partial charge on any atom is 0.174 e. The zero-order chi connectivity index (χ0) is 18.1. The predicted octanol–water partition coefficient (Wildman–Crippen LogP) is 3.61. The van der Waals surface area contributed by atoms with E-state index in [-0.39, 0.29) is 12.1 Å². The minimum Gasteiger partial charge on any atom is -0.497 e. The van der Waals surface area contributed by atoms with Crippen LogP contribution in [0.1, 0.15) is 23.3 Å². The van der Waals surface area contributed by atoms with E-state index in [0.29, 0.717) is 5.11 Å². The van der Waals surface area contributed by atoms with Crippen LogP contribution in [0.2, 0.25) is 0 Å². The molecule has 0 saturated carbocycles. The number of benzene rings is 1. The fourth-order valence-corrected chi connectivity index (χ4v) is 3.78. The Morgan fingerprint density at radius 2 is 2.04 bits per heavy atom. The Bertz CT molecular complexity index is 924. The second-order valence-corrected chi connectivity index (χ2v) is 6.70. The first kappa shape index (κ1) is 16.6. The van der Waals surface area contributed by atoms with Crippen molar-refractivity contribution < 1.29 is 4.74 Å². The number of nitrogens with zero attached hydrogens (tertiary/aromatic N) is 3. The summed E-state index contributed by atoms with van der Waals surface area (Å²) in [6.07, 6.45) is 6.00. The number of ether oxygens (including phenoxy) is 1. The molecule has 0 bridgehead atoms. The molecule has 2 atom stereocenters. The van der Waals surface area contributed by atoms with Gasteiger partial charge in [0, 0.05) is 37.4 Å². The molecule has 0 aliphatic carbocycles. The summed E-state index contributed by atoms with van der Waals surface area (Å²) >= 11 is 5.70. The zero-order valence-electron chi connectivity index (χ0n) is 14.7. The molecule has 1 N–H and O–H groups in total. The van der Waals surface area contributed by atoms with Crippen molar-refractivity contribution in [3.63, 3.8) is 0 Å². The van der Waals surface area contributed by atoms with E-state index >= 15 is 0 Å². The Morgan fingerprint density at radius 1 is 1.15 bits per heavy atom. The van der Waals surface area contributed by atoms with Gasteiger partial charge in [-0.25, -0.2) is 0 Å². The van der Waals surface area contributed by atoms with Gasteiger partial charge in [0.15, 0.2) is 5.11 Å². The van der Waals surface area contributed by atoms with Crippen LogP contribution >= 0.6 is 12.2 Å². The summed E-state index contributed by atoms with van der Waals surface area (Å²) in [5.41, 5.74) is 3.14. The van der Waals surface area contributed by atoms with E-state index in [2.05, 4.69) is 38.2 Å². The van der Waals surface area contributed by atoms with Crippen molar-refractivity contribution in [3.05, 3.63) is 78.4 Å². The van der Waals surface area contributed by atoms with E-state index in [1.165, 1.54) is 5.56 Å². The van der Waals surface area contributed by atoms with Crippen LogP contribution in [0, 0.1) is 0 Å². The van der Waals surface area contributed by atoms with Crippen LogP contribution in [0.5, 0.6) is 5.75 Å². The van der Waals surface area contributed by atoms with Crippen LogP contribution in [-0.2, 0) is 7.05 Å². The second kappa shape index (κ2) is 6.80. The van der Waals surface area contributed by atoms with Crippen LogP contribution in [0.4, 0.5) is 5.69 Å². The first-order chi connectivity index (χ1) is 12.7. The molecule has 3 aromatic rings. The number of aryl methyl sites for hydroxylation is 1. The number of methoxy groups -OCH3 is 1. The predicted molar refractivity (Wildman–Crippen MR) is 106 cm³/mol. The number of thiocarbonyl (C=S) groups is 1. The first-order valence-electron chi connectivity index (χ1n) is 8.44. The van der Waals surface area contributed by atoms with Gasteiger partial charge in [0.05, 0.1) is 24.9 Å². The van der Waals surface area contributed by atoms with Crippen molar-refractivity contribution in [1.82, 2.24) is 14.9 Å². The molecular weight excluding hydrogens is 344 g/mol. The van der Waals surface area contributed by atoms with Crippen molar-refractivity contribution >= 4 is 23.0 Å². The lowest BCUT2D eigenvalue weighted by Crippen LogP contribution is -2.29. The summed E-state index contributed by atoms with van der Waals surface area (Å²) < 4.78 is 7.45. The summed E-state index contributed by atoms with van der Waals surface area (Å²) in [5, 5.41) is 4.14. The molecule has 0 unspecified atom stereocenters. The van der Waals surface area contributed by atoms with Crippen LogP contribution in [0.15, 0.2) is 67.1 Å². The van der Waals surface area contributed by atoms with Crippen LogP contribution in [-0.4, -0.2) is 21.8 Å². The highest BCUT2D eigenvalue weighted by Crippen LogP contribution is 2.42. The Labute approximate surface area is 158 Å². The first-order valence-corrected chi connectivity index (χ1v) is 8.85. The van der Waals surface area contributed by atoms with Crippen LogP contribution in [0.25, 0.3) is 0 Å². The highest BCUT2D eigenvalue weighted by molar-refractivity contribution is 7.80. The van der Waals surface area contributed by atoms with Gasteiger partial charge in [-0.05, 0) is 48.1 Å². The molecule has 2 aromatic heterocycles. The minimum atomic E-state index is -0.0303. The van der Waals surface area contributed by atoms with Gasteiger partial charge in [-0.3, -0.25) is 4.98 Å². The van der Waals surface area contributed by atoms with Gasteiger partial charge < -0.3 is 19.5 Å². The standard InChI is InChI=1S/C20H20N4OS/c1-23-11-9-14(13-23)19-18(17-8-3-4-10-21-17)22-20(26)24(19)15-6-5-7-16(12-15)25-2/h3-13,18-19H,1-2H3,(H,22,26)/t18-,19+/m0/s1. The average molecular weight is 364 g/mol. The van der Waals surface area contributed by atoms with Gasteiger partial charge in [-0.2, -0.15) is 0 Å². The van der Waals surface area contributed by atoms with Gasteiger partial charge in [0.25, 0.3) is 0 Å². The number of hydrogen-bond acceptors (Lipinski definition) is 3. The van der Waals surface area contributed by atoms with Gasteiger partial charge in [0.1, 0.15) is 5.75 Å². The fraction of sp³-hybridized carbons (Fsp3) is 0.200. The van der Waals surface area contributed by atoms with E-state index in [4.69, 9.17) is 17.0 Å². The third kappa shape index (κ3) is 2.93. The summed E-state index contributed by atoms with van der Waals surface area (Å²) in [6.45, 7) is 0. The maximum absolute atomic E-state index is 5.70. The molecule has 1 aliphatic heterocycles. The van der Waals surface area contributed by atoms with E-state index in [1.807, 2.05) is 55.7 Å². The number of aromatic nitrogens is 2. The zero-order valence-corrected chi connectivity index (χ0v) is 15.5. The monoisotopic (exact) mass is 364 g/mol. The number of hydrogen-bond donors (Lipinski definition) is 1. The molecule has 1 aliphatic rings. The van der Waals surface area contributed by atoms with Crippen molar-refractivity contribution in [2.45, 2.75) is 12.1 Å².